The molecule has 1 aliphatic rings. The van der Waals surface area contributed by atoms with Gasteiger partial charge in [-0.1, -0.05) is 25.5 Å². The van der Waals surface area contributed by atoms with Gasteiger partial charge in [-0.15, -0.1) is 0 Å². The van der Waals surface area contributed by atoms with E-state index < -0.39 is 0 Å². The number of fused-ring (bicyclic) bond motifs is 1. The Labute approximate surface area is 116 Å². The lowest BCUT2D eigenvalue weighted by molar-refractivity contribution is 0.131. The SMILES string of the molecule is CCCC(COc1cccc2c1OC(C)(C)C2)NC. The van der Waals surface area contributed by atoms with Gasteiger partial charge in [0.2, 0.25) is 0 Å². The van der Waals surface area contributed by atoms with Crippen molar-refractivity contribution >= 4 is 0 Å². The van der Waals surface area contributed by atoms with Crippen LogP contribution in [0.25, 0.3) is 0 Å². The van der Waals surface area contributed by atoms with Gasteiger partial charge in [-0.3, -0.25) is 0 Å². The van der Waals surface area contributed by atoms with Crippen molar-refractivity contribution in [1.82, 2.24) is 5.32 Å². The van der Waals surface area contributed by atoms with E-state index in [-0.39, 0.29) is 5.60 Å². The average molecular weight is 263 g/mol. The second-order valence-electron chi connectivity index (χ2n) is 5.87. The highest BCUT2D eigenvalue weighted by molar-refractivity contribution is 5.50. The minimum absolute atomic E-state index is 0.117. The second-order valence-corrected chi connectivity index (χ2v) is 5.87. The number of hydrogen-bond donors (Lipinski definition) is 1. The lowest BCUT2D eigenvalue weighted by Gasteiger charge is -2.20. The van der Waals surface area contributed by atoms with Gasteiger partial charge in [0.15, 0.2) is 11.5 Å². The summed E-state index contributed by atoms with van der Waals surface area (Å²) in [5.74, 6) is 1.80. The predicted molar refractivity (Wildman–Crippen MR) is 78.1 cm³/mol. The van der Waals surface area contributed by atoms with E-state index in [0.717, 1.165) is 30.8 Å². The van der Waals surface area contributed by atoms with Crippen molar-refractivity contribution in [3.8, 4) is 11.5 Å². The number of benzene rings is 1. The molecule has 1 heterocycles. The van der Waals surface area contributed by atoms with Crippen LogP contribution in [-0.2, 0) is 6.42 Å². The number of para-hydroxylation sites is 1. The topological polar surface area (TPSA) is 30.5 Å². The predicted octanol–water partition coefficient (Wildman–Crippen LogP) is 3.17. The minimum atomic E-state index is -0.117. The second kappa shape index (κ2) is 5.83. The molecule has 0 aliphatic carbocycles. The number of nitrogens with one attached hydrogen (secondary N) is 1. The summed E-state index contributed by atoms with van der Waals surface area (Å²) in [5, 5.41) is 3.29. The highest BCUT2D eigenvalue weighted by atomic mass is 16.5. The van der Waals surface area contributed by atoms with Crippen LogP contribution < -0.4 is 14.8 Å². The van der Waals surface area contributed by atoms with Crippen molar-refractivity contribution in [2.75, 3.05) is 13.7 Å². The van der Waals surface area contributed by atoms with E-state index in [1.165, 1.54) is 5.56 Å². The maximum Gasteiger partial charge on any atom is 0.165 e. The van der Waals surface area contributed by atoms with Gasteiger partial charge in [0, 0.05) is 18.0 Å². The van der Waals surface area contributed by atoms with Crippen LogP contribution in [0, 0.1) is 0 Å². The minimum Gasteiger partial charge on any atom is -0.488 e. The van der Waals surface area contributed by atoms with E-state index in [4.69, 9.17) is 9.47 Å². The summed E-state index contributed by atoms with van der Waals surface area (Å²) in [5.41, 5.74) is 1.13. The van der Waals surface area contributed by atoms with E-state index in [1.54, 1.807) is 0 Å². The Morgan fingerprint density at radius 1 is 1.42 bits per heavy atom. The van der Waals surface area contributed by atoms with Gasteiger partial charge >= 0.3 is 0 Å². The first-order valence-corrected chi connectivity index (χ1v) is 7.16. The molecule has 1 unspecified atom stereocenters. The molecule has 1 N–H and O–H groups in total. The van der Waals surface area contributed by atoms with Crippen molar-refractivity contribution < 1.29 is 9.47 Å². The first-order chi connectivity index (χ1) is 9.05. The Morgan fingerprint density at radius 2 is 2.21 bits per heavy atom. The zero-order valence-electron chi connectivity index (χ0n) is 12.5. The van der Waals surface area contributed by atoms with Crippen LogP contribution >= 0.6 is 0 Å². The summed E-state index contributed by atoms with van der Waals surface area (Å²) in [4.78, 5) is 0. The highest BCUT2D eigenvalue weighted by Crippen LogP contribution is 2.41. The van der Waals surface area contributed by atoms with Gasteiger partial charge in [-0.05, 0) is 33.4 Å². The molecule has 1 aliphatic heterocycles. The fraction of sp³-hybridized carbons (Fsp3) is 0.625. The summed E-state index contributed by atoms with van der Waals surface area (Å²) < 4.78 is 12.0. The van der Waals surface area contributed by atoms with Crippen LogP contribution in [0.15, 0.2) is 18.2 Å². The van der Waals surface area contributed by atoms with Gasteiger partial charge in [-0.25, -0.2) is 0 Å². The Bertz CT molecular complexity index is 429. The molecule has 1 aromatic rings. The van der Waals surface area contributed by atoms with E-state index in [2.05, 4.69) is 32.2 Å². The molecule has 0 saturated carbocycles. The largest absolute Gasteiger partial charge is 0.488 e. The standard InChI is InChI=1S/C16H25NO2/c1-5-7-13(17-4)11-18-14-9-6-8-12-10-16(2,3)19-15(12)14/h6,8-9,13,17H,5,7,10-11H2,1-4H3. The molecule has 1 aromatic carbocycles. The molecule has 0 amide bonds. The zero-order valence-corrected chi connectivity index (χ0v) is 12.5. The number of rotatable bonds is 6. The van der Waals surface area contributed by atoms with Crippen molar-refractivity contribution in [3.63, 3.8) is 0 Å². The third-order valence-electron chi connectivity index (χ3n) is 3.54. The molecule has 0 fully saturated rings. The molecular weight excluding hydrogens is 238 g/mol. The van der Waals surface area contributed by atoms with E-state index in [9.17, 15) is 0 Å². The zero-order chi connectivity index (χ0) is 13.9. The fourth-order valence-corrected chi connectivity index (χ4v) is 2.55. The van der Waals surface area contributed by atoms with Crippen LogP contribution in [0.1, 0.15) is 39.2 Å². The van der Waals surface area contributed by atoms with Gasteiger partial charge in [0.05, 0.1) is 0 Å². The molecular formula is C16H25NO2. The Kier molecular flexibility index (Phi) is 4.35. The van der Waals surface area contributed by atoms with Crippen LogP contribution in [0.2, 0.25) is 0 Å². The van der Waals surface area contributed by atoms with E-state index >= 15 is 0 Å². The molecule has 19 heavy (non-hydrogen) atoms. The monoisotopic (exact) mass is 263 g/mol. The van der Waals surface area contributed by atoms with E-state index in [1.807, 2.05) is 19.2 Å². The summed E-state index contributed by atoms with van der Waals surface area (Å²) in [6, 6.07) is 6.57. The van der Waals surface area contributed by atoms with Crippen molar-refractivity contribution in [1.29, 1.82) is 0 Å². The fourth-order valence-electron chi connectivity index (χ4n) is 2.55. The maximum absolute atomic E-state index is 6.01. The summed E-state index contributed by atoms with van der Waals surface area (Å²) in [7, 11) is 1.98. The quantitative estimate of drug-likeness (QED) is 0.855. The molecule has 0 saturated heterocycles. The highest BCUT2D eigenvalue weighted by Gasteiger charge is 2.32. The van der Waals surface area contributed by atoms with Gasteiger partial charge in [-0.2, -0.15) is 0 Å². The average Bonchev–Trinajstić information content (AvgIpc) is 2.68. The number of likely N-dealkylation sites (N-methyl/N-ethyl adjacent to an activating group) is 1. The van der Waals surface area contributed by atoms with Gasteiger partial charge in [0.1, 0.15) is 12.2 Å². The number of hydrogen-bond acceptors (Lipinski definition) is 3. The van der Waals surface area contributed by atoms with E-state index in [0.29, 0.717) is 12.6 Å². The third-order valence-corrected chi connectivity index (χ3v) is 3.54. The molecule has 0 aromatic heterocycles. The van der Waals surface area contributed by atoms with Crippen molar-refractivity contribution in [2.24, 2.45) is 0 Å². The first-order valence-electron chi connectivity index (χ1n) is 7.16. The molecule has 0 bridgehead atoms. The number of ether oxygens (including phenoxy) is 2. The summed E-state index contributed by atoms with van der Waals surface area (Å²) >= 11 is 0. The van der Waals surface area contributed by atoms with Crippen molar-refractivity contribution in [2.45, 2.75) is 51.7 Å². The normalized spacial score (nSPS) is 17.7. The molecule has 3 heteroatoms. The lowest BCUT2D eigenvalue weighted by atomic mass is 10.0. The van der Waals surface area contributed by atoms with Crippen molar-refractivity contribution in [3.05, 3.63) is 23.8 Å². The lowest BCUT2D eigenvalue weighted by Crippen LogP contribution is -2.31. The van der Waals surface area contributed by atoms with Gasteiger partial charge < -0.3 is 14.8 Å². The Hall–Kier alpha value is -1.22. The van der Waals surface area contributed by atoms with Crippen LogP contribution in [0.4, 0.5) is 0 Å². The van der Waals surface area contributed by atoms with Crippen LogP contribution in [-0.4, -0.2) is 25.3 Å². The van der Waals surface area contributed by atoms with Crippen LogP contribution in [0.5, 0.6) is 11.5 Å². The Balaban J connectivity index is 2.05. The third kappa shape index (κ3) is 3.41. The first kappa shape index (κ1) is 14.2. The molecule has 0 radical (unpaired) electrons. The summed E-state index contributed by atoms with van der Waals surface area (Å²) in [6.07, 6.45) is 3.23. The smallest absolute Gasteiger partial charge is 0.165 e. The van der Waals surface area contributed by atoms with Gasteiger partial charge in [0.25, 0.3) is 0 Å². The van der Waals surface area contributed by atoms with Crippen LogP contribution in [0.3, 0.4) is 0 Å². The Morgan fingerprint density at radius 3 is 2.89 bits per heavy atom. The molecule has 106 valence electrons. The maximum atomic E-state index is 6.01. The molecule has 0 spiro atoms. The summed E-state index contributed by atoms with van der Waals surface area (Å²) in [6.45, 7) is 7.11. The molecule has 2 rings (SSSR count). The molecule has 3 nitrogen and oxygen atoms in total. The molecule has 1 atom stereocenters.